The van der Waals surface area contributed by atoms with E-state index in [-0.39, 0.29) is 11.4 Å². The first-order valence-electron chi connectivity index (χ1n) is 4.58. The standard InChI is InChI=1S/C10H7F2N3O2/c1-17-10(16)9-5-15(14-13-9)6-2-3-7(11)8(12)4-6/h2-5H,1H3. The van der Waals surface area contributed by atoms with Crippen molar-refractivity contribution in [2.75, 3.05) is 7.11 Å². The van der Waals surface area contributed by atoms with Gasteiger partial charge in [-0.15, -0.1) is 5.10 Å². The van der Waals surface area contributed by atoms with Crippen LogP contribution in [0, 0.1) is 11.6 Å². The van der Waals surface area contributed by atoms with Crippen molar-refractivity contribution < 1.29 is 18.3 Å². The van der Waals surface area contributed by atoms with Gasteiger partial charge in [-0.05, 0) is 12.1 Å². The van der Waals surface area contributed by atoms with E-state index in [1.807, 2.05) is 0 Å². The summed E-state index contributed by atoms with van der Waals surface area (Å²) in [5.41, 5.74) is 0.240. The number of rotatable bonds is 2. The Morgan fingerprint density at radius 1 is 1.35 bits per heavy atom. The maximum Gasteiger partial charge on any atom is 0.360 e. The average molecular weight is 239 g/mol. The monoisotopic (exact) mass is 239 g/mol. The Morgan fingerprint density at radius 2 is 2.12 bits per heavy atom. The molecule has 2 aromatic rings. The van der Waals surface area contributed by atoms with Gasteiger partial charge in [-0.25, -0.2) is 18.3 Å². The van der Waals surface area contributed by atoms with Crippen LogP contribution in [0.3, 0.4) is 0 Å². The van der Waals surface area contributed by atoms with Crippen LogP contribution in [0.1, 0.15) is 10.5 Å². The van der Waals surface area contributed by atoms with E-state index >= 15 is 0 Å². The number of benzene rings is 1. The van der Waals surface area contributed by atoms with Gasteiger partial charge in [-0.3, -0.25) is 0 Å². The van der Waals surface area contributed by atoms with E-state index < -0.39 is 17.6 Å². The fraction of sp³-hybridized carbons (Fsp3) is 0.100. The molecule has 0 spiro atoms. The highest BCUT2D eigenvalue weighted by Gasteiger charge is 2.12. The third-order valence-electron chi connectivity index (χ3n) is 2.06. The maximum atomic E-state index is 13.0. The number of aromatic nitrogens is 3. The largest absolute Gasteiger partial charge is 0.464 e. The molecule has 88 valence electrons. The number of esters is 1. The van der Waals surface area contributed by atoms with Crippen LogP contribution in [0.25, 0.3) is 5.69 Å². The molecule has 0 amide bonds. The van der Waals surface area contributed by atoms with Crippen LogP contribution in [0.2, 0.25) is 0 Å². The summed E-state index contributed by atoms with van der Waals surface area (Å²) in [5.74, 6) is -2.61. The summed E-state index contributed by atoms with van der Waals surface area (Å²) in [7, 11) is 1.21. The minimum atomic E-state index is -1.00. The topological polar surface area (TPSA) is 57.0 Å². The minimum absolute atomic E-state index is 0.0165. The Kier molecular flexibility index (Phi) is 2.82. The van der Waals surface area contributed by atoms with Gasteiger partial charge in [-0.1, -0.05) is 5.21 Å². The van der Waals surface area contributed by atoms with Gasteiger partial charge in [0.2, 0.25) is 0 Å². The first kappa shape index (κ1) is 11.2. The van der Waals surface area contributed by atoms with Crippen LogP contribution in [0.4, 0.5) is 8.78 Å². The number of hydrogen-bond donors (Lipinski definition) is 0. The smallest absolute Gasteiger partial charge is 0.360 e. The van der Waals surface area contributed by atoms with Gasteiger partial charge >= 0.3 is 5.97 Å². The fourth-order valence-corrected chi connectivity index (χ4v) is 1.22. The lowest BCUT2D eigenvalue weighted by Crippen LogP contribution is -2.01. The summed E-state index contributed by atoms with van der Waals surface area (Å²) >= 11 is 0. The fourth-order valence-electron chi connectivity index (χ4n) is 1.22. The van der Waals surface area contributed by atoms with E-state index in [4.69, 9.17) is 0 Å². The maximum absolute atomic E-state index is 13.0. The lowest BCUT2D eigenvalue weighted by molar-refractivity contribution is 0.0594. The van der Waals surface area contributed by atoms with E-state index in [9.17, 15) is 13.6 Å². The molecule has 0 atom stereocenters. The summed E-state index contributed by atoms with van der Waals surface area (Å²) in [6, 6.07) is 3.23. The van der Waals surface area contributed by atoms with Gasteiger partial charge < -0.3 is 4.74 Å². The molecule has 1 aromatic heterocycles. The molecule has 0 saturated carbocycles. The highest BCUT2D eigenvalue weighted by atomic mass is 19.2. The minimum Gasteiger partial charge on any atom is -0.464 e. The second-order valence-electron chi connectivity index (χ2n) is 3.14. The molecule has 0 bridgehead atoms. The van der Waals surface area contributed by atoms with Crippen LogP contribution in [0.5, 0.6) is 0 Å². The number of methoxy groups -OCH3 is 1. The first-order chi connectivity index (χ1) is 8.11. The number of hydrogen-bond acceptors (Lipinski definition) is 4. The van der Waals surface area contributed by atoms with Gasteiger partial charge in [0.1, 0.15) is 0 Å². The number of ether oxygens (including phenoxy) is 1. The van der Waals surface area contributed by atoms with Crippen molar-refractivity contribution in [1.29, 1.82) is 0 Å². The Hall–Kier alpha value is -2.31. The summed E-state index contributed by atoms with van der Waals surface area (Å²) < 4.78 is 31.3. The van der Waals surface area contributed by atoms with E-state index in [1.54, 1.807) is 0 Å². The molecule has 1 heterocycles. The summed E-state index contributed by atoms with van der Waals surface area (Å²) in [6.07, 6.45) is 1.26. The molecule has 0 saturated heterocycles. The van der Waals surface area contributed by atoms with E-state index in [2.05, 4.69) is 15.0 Å². The van der Waals surface area contributed by atoms with Crippen molar-refractivity contribution in [3.63, 3.8) is 0 Å². The Bertz CT molecular complexity index is 568. The van der Waals surface area contributed by atoms with E-state index in [0.717, 1.165) is 16.8 Å². The van der Waals surface area contributed by atoms with Gasteiger partial charge in [0.05, 0.1) is 19.0 Å². The third kappa shape index (κ3) is 2.12. The molecule has 0 radical (unpaired) electrons. The van der Waals surface area contributed by atoms with Crippen molar-refractivity contribution in [3.8, 4) is 5.69 Å². The highest BCUT2D eigenvalue weighted by Crippen LogP contribution is 2.12. The molecule has 5 nitrogen and oxygen atoms in total. The van der Waals surface area contributed by atoms with Crippen LogP contribution in [0.15, 0.2) is 24.4 Å². The number of carbonyl (C=O) groups excluding carboxylic acids is 1. The van der Waals surface area contributed by atoms with Crippen molar-refractivity contribution in [2.45, 2.75) is 0 Å². The predicted octanol–water partition coefficient (Wildman–Crippen LogP) is 1.33. The van der Waals surface area contributed by atoms with Gasteiger partial charge in [-0.2, -0.15) is 0 Å². The lowest BCUT2D eigenvalue weighted by atomic mass is 10.3. The first-order valence-corrected chi connectivity index (χ1v) is 4.58. The lowest BCUT2D eigenvalue weighted by Gasteiger charge is -1.99. The normalized spacial score (nSPS) is 10.3. The Morgan fingerprint density at radius 3 is 2.76 bits per heavy atom. The molecule has 0 aliphatic rings. The van der Waals surface area contributed by atoms with Crippen molar-refractivity contribution in [2.24, 2.45) is 0 Å². The SMILES string of the molecule is COC(=O)c1cn(-c2ccc(F)c(F)c2)nn1. The highest BCUT2D eigenvalue weighted by molar-refractivity contribution is 5.86. The molecule has 0 fully saturated rings. The van der Waals surface area contributed by atoms with Crippen LogP contribution in [-0.4, -0.2) is 28.1 Å². The molecule has 7 heteroatoms. The summed E-state index contributed by atoms with van der Waals surface area (Å²) in [6.45, 7) is 0. The van der Waals surface area contributed by atoms with Crippen LogP contribution in [-0.2, 0) is 4.74 Å². The Labute approximate surface area is 94.6 Å². The molecular formula is C10H7F2N3O2. The summed E-state index contributed by atoms with van der Waals surface area (Å²) in [4.78, 5) is 11.1. The predicted molar refractivity (Wildman–Crippen MR) is 52.6 cm³/mol. The zero-order valence-corrected chi connectivity index (χ0v) is 8.72. The van der Waals surface area contributed by atoms with Gasteiger partial charge in [0.15, 0.2) is 17.3 Å². The number of carbonyl (C=O) groups is 1. The number of nitrogens with zero attached hydrogens (tertiary/aromatic N) is 3. The molecule has 0 aliphatic heterocycles. The summed E-state index contributed by atoms with van der Waals surface area (Å²) in [5, 5.41) is 7.14. The van der Waals surface area contributed by atoms with Crippen LogP contribution >= 0.6 is 0 Å². The van der Waals surface area contributed by atoms with Gasteiger partial charge in [0, 0.05) is 6.07 Å². The second-order valence-corrected chi connectivity index (χ2v) is 3.14. The average Bonchev–Trinajstić information content (AvgIpc) is 2.81. The molecule has 0 N–H and O–H groups in total. The molecule has 1 aromatic carbocycles. The molecule has 0 aliphatic carbocycles. The molecule has 17 heavy (non-hydrogen) atoms. The van der Waals surface area contributed by atoms with Crippen molar-refractivity contribution in [1.82, 2.24) is 15.0 Å². The molecular weight excluding hydrogens is 232 g/mol. The van der Waals surface area contributed by atoms with Crippen molar-refractivity contribution >= 4 is 5.97 Å². The van der Waals surface area contributed by atoms with Crippen LogP contribution < -0.4 is 0 Å². The zero-order valence-electron chi connectivity index (χ0n) is 8.72. The molecule has 0 unspecified atom stereocenters. The quantitative estimate of drug-likeness (QED) is 0.742. The zero-order chi connectivity index (χ0) is 12.4. The molecule has 2 rings (SSSR count). The second kappa shape index (κ2) is 4.28. The van der Waals surface area contributed by atoms with E-state index in [1.165, 1.54) is 19.4 Å². The Balaban J connectivity index is 2.37. The van der Waals surface area contributed by atoms with E-state index in [0.29, 0.717) is 0 Å². The number of halogens is 2. The van der Waals surface area contributed by atoms with Gasteiger partial charge in [0.25, 0.3) is 0 Å². The van der Waals surface area contributed by atoms with Crippen molar-refractivity contribution in [3.05, 3.63) is 41.7 Å². The third-order valence-corrected chi connectivity index (χ3v) is 2.06.